The molecule has 3 aromatic carbocycles. The van der Waals surface area contributed by atoms with Crippen LogP contribution in [0, 0.1) is 0 Å². The van der Waals surface area contributed by atoms with E-state index in [-0.39, 0.29) is 21.4 Å². The van der Waals surface area contributed by atoms with Gasteiger partial charge in [0.05, 0.1) is 15.6 Å². The van der Waals surface area contributed by atoms with Crippen molar-refractivity contribution in [3.8, 4) is 5.69 Å². The van der Waals surface area contributed by atoms with Crippen molar-refractivity contribution < 1.29 is 18.0 Å². The second-order valence-corrected chi connectivity index (χ2v) is 9.97. The standard InChI is InChI=1S/C25H20ClN3O4S/c1-34(32,33)21-9-5-7-18(15-21)25(31)28-23-11-10-19(16-22(23)26)27-24(30)17-6-4-8-20(14-17)29-12-2-3-13-29/h2-16H,1H3,(H,27,30)(H,28,31). The van der Waals surface area contributed by atoms with Crippen LogP contribution in [-0.2, 0) is 9.84 Å². The van der Waals surface area contributed by atoms with Gasteiger partial charge in [0.15, 0.2) is 9.84 Å². The maximum Gasteiger partial charge on any atom is 0.255 e. The summed E-state index contributed by atoms with van der Waals surface area (Å²) >= 11 is 6.32. The van der Waals surface area contributed by atoms with E-state index >= 15 is 0 Å². The fraction of sp³-hybridized carbons (Fsp3) is 0.0400. The summed E-state index contributed by atoms with van der Waals surface area (Å²) < 4.78 is 25.4. The second-order valence-electron chi connectivity index (χ2n) is 7.54. The molecule has 0 bridgehead atoms. The first-order valence-corrected chi connectivity index (χ1v) is 12.4. The van der Waals surface area contributed by atoms with Crippen molar-refractivity contribution in [2.24, 2.45) is 0 Å². The molecule has 0 aliphatic rings. The lowest BCUT2D eigenvalue weighted by Crippen LogP contribution is -2.14. The van der Waals surface area contributed by atoms with Gasteiger partial charge >= 0.3 is 0 Å². The molecule has 2 amide bonds. The summed E-state index contributed by atoms with van der Waals surface area (Å²) in [6.07, 6.45) is 4.85. The number of amides is 2. The van der Waals surface area contributed by atoms with E-state index in [1.54, 1.807) is 30.3 Å². The number of benzene rings is 3. The summed E-state index contributed by atoms with van der Waals surface area (Å²) in [6.45, 7) is 0. The van der Waals surface area contributed by atoms with Crippen LogP contribution in [0.25, 0.3) is 5.69 Å². The van der Waals surface area contributed by atoms with E-state index in [1.807, 2.05) is 35.2 Å². The molecular weight excluding hydrogens is 474 g/mol. The zero-order valence-electron chi connectivity index (χ0n) is 18.0. The van der Waals surface area contributed by atoms with Crippen molar-refractivity contribution in [1.82, 2.24) is 4.57 Å². The number of nitrogens with one attached hydrogen (secondary N) is 2. The molecule has 4 rings (SSSR count). The summed E-state index contributed by atoms with van der Waals surface area (Å²) in [6, 6.07) is 21.4. The average molecular weight is 494 g/mol. The monoisotopic (exact) mass is 493 g/mol. The molecule has 0 saturated carbocycles. The van der Waals surface area contributed by atoms with E-state index in [0.29, 0.717) is 16.9 Å². The van der Waals surface area contributed by atoms with Gasteiger partial charge in [0.2, 0.25) is 0 Å². The van der Waals surface area contributed by atoms with E-state index < -0.39 is 15.7 Å². The van der Waals surface area contributed by atoms with Gasteiger partial charge in [-0.3, -0.25) is 9.59 Å². The molecule has 0 saturated heterocycles. The molecule has 7 nitrogen and oxygen atoms in total. The summed E-state index contributed by atoms with van der Waals surface area (Å²) in [4.78, 5) is 25.4. The number of nitrogens with zero attached hydrogens (tertiary/aromatic N) is 1. The minimum absolute atomic E-state index is 0.0464. The van der Waals surface area contributed by atoms with E-state index in [1.165, 1.54) is 30.3 Å². The van der Waals surface area contributed by atoms with E-state index in [2.05, 4.69) is 10.6 Å². The van der Waals surface area contributed by atoms with Crippen molar-refractivity contribution >= 4 is 44.6 Å². The zero-order valence-corrected chi connectivity index (χ0v) is 19.6. The molecule has 2 N–H and O–H groups in total. The number of rotatable bonds is 6. The highest BCUT2D eigenvalue weighted by Gasteiger charge is 2.14. The Morgan fingerprint density at radius 1 is 0.794 bits per heavy atom. The summed E-state index contributed by atoms with van der Waals surface area (Å²) in [5.74, 6) is -0.814. The second kappa shape index (κ2) is 9.54. The van der Waals surface area contributed by atoms with Crippen LogP contribution in [0.2, 0.25) is 5.02 Å². The highest BCUT2D eigenvalue weighted by Crippen LogP contribution is 2.27. The van der Waals surface area contributed by atoms with Gasteiger partial charge in [-0.25, -0.2) is 8.42 Å². The van der Waals surface area contributed by atoms with E-state index in [4.69, 9.17) is 11.6 Å². The third kappa shape index (κ3) is 5.36. The van der Waals surface area contributed by atoms with Gasteiger partial charge in [0, 0.05) is 41.2 Å². The van der Waals surface area contributed by atoms with E-state index in [9.17, 15) is 18.0 Å². The van der Waals surface area contributed by atoms with Gasteiger partial charge in [0.25, 0.3) is 11.8 Å². The van der Waals surface area contributed by atoms with Crippen LogP contribution < -0.4 is 10.6 Å². The predicted octanol–water partition coefficient (Wildman–Crippen LogP) is 5.04. The van der Waals surface area contributed by atoms with Crippen LogP contribution in [0.3, 0.4) is 0 Å². The van der Waals surface area contributed by atoms with Crippen LogP contribution in [-0.4, -0.2) is 31.1 Å². The Hall–Kier alpha value is -3.88. The number of aromatic nitrogens is 1. The fourth-order valence-electron chi connectivity index (χ4n) is 3.27. The van der Waals surface area contributed by atoms with Gasteiger partial charge < -0.3 is 15.2 Å². The predicted molar refractivity (Wildman–Crippen MR) is 133 cm³/mol. The molecular formula is C25H20ClN3O4S. The van der Waals surface area contributed by atoms with Crippen LogP contribution in [0.15, 0.2) is 96.2 Å². The number of carbonyl (C=O) groups is 2. The molecule has 1 heterocycles. The van der Waals surface area contributed by atoms with Gasteiger partial charge in [0.1, 0.15) is 0 Å². The third-order valence-electron chi connectivity index (χ3n) is 5.01. The lowest BCUT2D eigenvalue weighted by Gasteiger charge is -2.11. The van der Waals surface area contributed by atoms with Crippen LogP contribution in [0.5, 0.6) is 0 Å². The molecule has 9 heteroatoms. The highest BCUT2D eigenvalue weighted by atomic mass is 35.5. The molecule has 0 aliphatic carbocycles. The SMILES string of the molecule is CS(=O)(=O)c1cccc(C(=O)Nc2ccc(NC(=O)c3cccc(-n4cccc4)c3)cc2Cl)c1. The summed E-state index contributed by atoms with van der Waals surface area (Å²) in [7, 11) is -3.44. The lowest BCUT2D eigenvalue weighted by molar-refractivity contribution is 0.101. The number of anilines is 2. The smallest absolute Gasteiger partial charge is 0.255 e. The molecule has 4 aromatic rings. The number of hydrogen-bond donors (Lipinski definition) is 2. The molecule has 0 radical (unpaired) electrons. The Kier molecular flexibility index (Phi) is 6.54. The Morgan fingerprint density at radius 2 is 1.44 bits per heavy atom. The van der Waals surface area contributed by atoms with E-state index in [0.717, 1.165) is 11.9 Å². The first kappa shape index (κ1) is 23.3. The maximum absolute atomic E-state index is 12.7. The first-order valence-electron chi connectivity index (χ1n) is 10.2. The van der Waals surface area contributed by atoms with Gasteiger partial charge in [-0.15, -0.1) is 0 Å². The van der Waals surface area contributed by atoms with Crippen LogP contribution >= 0.6 is 11.6 Å². The molecule has 0 unspecified atom stereocenters. The minimum Gasteiger partial charge on any atom is -0.324 e. The van der Waals surface area contributed by atoms with Crippen molar-refractivity contribution in [1.29, 1.82) is 0 Å². The molecule has 0 atom stereocenters. The average Bonchev–Trinajstić information content (AvgIpc) is 3.35. The Bertz CT molecular complexity index is 1480. The molecule has 1 aromatic heterocycles. The normalized spacial score (nSPS) is 11.1. The quantitative estimate of drug-likeness (QED) is 0.393. The maximum atomic E-state index is 12.7. The van der Waals surface area contributed by atoms with Gasteiger partial charge in [-0.1, -0.05) is 23.7 Å². The minimum atomic E-state index is -3.44. The Morgan fingerprint density at radius 3 is 2.12 bits per heavy atom. The zero-order chi connectivity index (χ0) is 24.3. The van der Waals surface area contributed by atoms with Crippen molar-refractivity contribution in [2.75, 3.05) is 16.9 Å². The first-order chi connectivity index (χ1) is 16.2. The Balaban J connectivity index is 1.47. The van der Waals surface area contributed by atoms with Gasteiger partial charge in [-0.2, -0.15) is 0 Å². The van der Waals surface area contributed by atoms with Crippen molar-refractivity contribution in [3.63, 3.8) is 0 Å². The lowest BCUT2D eigenvalue weighted by atomic mass is 10.1. The summed E-state index contributed by atoms with van der Waals surface area (Å²) in [5.41, 5.74) is 2.29. The van der Waals surface area contributed by atoms with Crippen molar-refractivity contribution in [2.45, 2.75) is 4.90 Å². The van der Waals surface area contributed by atoms with Crippen LogP contribution in [0.1, 0.15) is 20.7 Å². The largest absolute Gasteiger partial charge is 0.324 e. The molecule has 34 heavy (non-hydrogen) atoms. The number of carbonyl (C=O) groups excluding carboxylic acids is 2. The van der Waals surface area contributed by atoms with Gasteiger partial charge in [-0.05, 0) is 66.7 Å². The summed E-state index contributed by atoms with van der Waals surface area (Å²) in [5, 5.41) is 5.67. The Labute approximate surface area is 201 Å². The number of halogens is 1. The van der Waals surface area contributed by atoms with Crippen molar-refractivity contribution in [3.05, 3.63) is 107 Å². The fourth-order valence-corrected chi connectivity index (χ4v) is 4.17. The number of sulfone groups is 1. The number of hydrogen-bond acceptors (Lipinski definition) is 4. The molecule has 0 aliphatic heterocycles. The molecule has 0 fully saturated rings. The topological polar surface area (TPSA) is 97.3 Å². The third-order valence-corrected chi connectivity index (χ3v) is 6.43. The molecule has 172 valence electrons. The highest BCUT2D eigenvalue weighted by molar-refractivity contribution is 7.90. The van der Waals surface area contributed by atoms with Crippen LogP contribution in [0.4, 0.5) is 11.4 Å². The molecule has 0 spiro atoms.